The van der Waals surface area contributed by atoms with Crippen LogP contribution in [-0.4, -0.2) is 44.8 Å². The summed E-state index contributed by atoms with van der Waals surface area (Å²) in [6, 6.07) is 0. The van der Waals surface area contributed by atoms with Gasteiger partial charge in [-0.25, -0.2) is 8.78 Å². The van der Waals surface area contributed by atoms with E-state index in [4.69, 9.17) is 14.2 Å². The second-order valence-corrected chi connectivity index (χ2v) is 5.39. The lowest BCUT2D eigenvalue weighted by atomic mass is 9.94. The highest BCUT2D eigenvalue weighted by atomic mass is 19.3. The molecule has 0 N–H and O–H groups in total. The van der Waals surface area contributed by atoms with Crippen LogP contribution in [0.5, 0.6) is 0 Å². The van der Waals surface area contributed by atoms with Crippen molar-refractivity contribution in [1.82, 2.24) is 0 Å². The molecule has 0 aliphatic rings. The number of alkyl halides is 2. The molecule has 0 heterocycles. The van der Waals surface area contributed by atoms with E-state index >= 15 is 0 Å². The van der Waals surface area contributed by atoms with E-state index in [1.807, 2.05) is 0 Å². The van der Waals surface area contributed by atoms with Crippen molar-refractivity contribution in [1.29, 1.82) is 0 Å². The highest BCUT2D eigenvalue weighted by Crippen LogP contribution is 2.20. The Balaban J connectivity index is 4.22. The van der Waals surface area contributed by atoms with Gasteiger partial charge in [-0.05, 0) is 19.8 Å². The molecule has 0 fully saturated rings. The van der Waals surface area contributed by atoms with E-state index in [0.717, 1.165) is 6.92 Å². The predicted octanol–water partition coefficient (Wildman–Crippen LogP) is 2.82. The second kappa shape index (κ2) is 10.5. The van der Waals surface area contributed by atoms with Crippen LogP contribution in [0.4, 0.5) is 8.78 Å². The Kier molecular flexibility index (Phi) is 9.89. The third-order valence-electron chi connectivity index (χ3n) is 3.18. The quantitative estimate of drug-likeness (QED) is 0.432. The van der Waals surface area contributed by atoms with Crippen molar-refractivity contribution in [3.63, 3.8) is 0 Å². The molecule has 2 unspecified atom stereocenters. The molecule has 0 aromatic rings. The molecule has 0 bridgehead atoms. The fourth-order valence-corrected chi connectivity index (χ4v) is 1.77. The van der Waals surface area contributed by atoms with Gasteiger partial charge in [-0.15, -0.1) is 0 Å². The molecule has 0 aromatic carbocycles. The summed E-state index contributed by atoms with van der Waals surface area (Å²) >= 11 is 0. The number of methoxy groups -OCH3 is 1. The maximum atomic E-state index is 12.7. The Morgan fingerprint density at radius 2 is 1.68 bits per heavy atom. The Hall–Kier alpha value is -1.24. The summed E-state index contributed by atoms with van der Waals surface area (Å²) in [5.41, 5.74) is 0. The minimum atomic E-state index is -2.86. The maximum Gasteiger partial charge on any atom is 0.308 e. The van der Waals surface area contributed by atoms with Crippen molar-refractivity contribution in [2.24, 2.45) is 11.8 Å². The normalized spacial score (nSPS) is 14.3. The van der Waals surface area contributed by atoms with E-state index in [0.29, 0.717) is 13.0 Å². The van der Waals surface area contributed by atoms with Gasteiger partial charge in [0.1, 0.15) is 6.61 Å². The molecular formula is C15H26F2O5. The number of hydrogen-bond donors (Lipinski definition) is 0. The molecular weight excluding hydrogens is 298 g/mol. The topological polar surface area (TPSA) is 61.8 Å². The standard InChI is InChI=1S/C15H26F2O5/c1-5-12(14(19)21-7-6-15(3,16)17)10-11(2)13(18)22-9-8-20-4/h11-12H,5-10H2,1-4H3. The molecule has 0 rings (SSSR count). The Morgan fingerprint density at radius 1 is 1.09 bits per heavy atom. The van der Waals surface area contributed by atoms with Crippen LogP contribution in [0.3, 0.4) is 0 Å². The summed E-state index contributed by atoms with van der Waals surface area (Å²) in [7, 11) is 1.50. The summed E-state index contributed by atoms with van der Waals surface area (Å²) in [4.78, 5) is 23.5. The average molecular weight is 324 g/mol. The lowest BCUT2D eigenvalue weighted by molar-refractivity contribution is -0.154. The molecule has 5 nitrogen and oxygen atoms in total. The van der Waals surface area contributed by atoms with Crippen LogP contribution < -0.4 is 0 Å². The van der Waals surface area contributed by atoms with Gasteiger partial charge in [0.2, 0.25) is 5.92 Å². The van der Waals surface area contributed by atoms with Crippen LogP contribution in [-0.2, 0) is 23.8 Å². The summed E-state index contributed by atoms with van der Waals surface area (Å²) in [5, 5.41) is 0. The van der Waals surface area contributed by atoms with Gasteiger partial charge in [-0.3, -0.25) is 9.59 Å². The van der Waals surface area contributed by atoms with Crippen molar-refractivity contribution in [3.05, 3.63) is 0 Å². The fraction of sp³-hybridized carbons (Fsp3) is 0.867. The van der Waals surface area contributed by atoms with E-state index in [9.17, 15) is 18.4 Å². The van der Waals surface area contributed by atoms with Gasteiger partial charge in [0.05, 0.1) is 25.0 Å². The highest BCUT2D eigenvalue weighted by molar-refractivity contribution is 5.75. The zero-order valence-electron chi connectivity index (χ0n) is 13.7. The largest absolute Gasteiger partial charge is 0.465 e. The smallest absolute Gasteiger partial charge is 0.308 e. The number of esters is 2. The molecule has 0 spiro atoms. The number of halogens is 2. The molecule has 2 atom stereocenters. The maximum absolute atomic E-state index is 12.7. The van der Waals surface area contributed by atoms with Gasteiger partial charge >= 0.3 is 11.9 Å². The van der Waals surface area contributed by atoms with Gasteiger partial charge in [0.15, 0.2) is 0 Å². The molecule has 22 heavy (non-hydrogen) atoms. The monoisotopic (exact) mass is 324 g/mol. The van der Waals surface area contributed by atoms with E-state index in [-0.39, 0.29) is 19.6 Å². The van der Waals surface area contributed by atoms with Crippen LogP contribution in [0.1, 0.15) is 40.0 Å². The number of rotatable bonds is 11. The third kappa shape index (κ3) is 9.65. The van der Waals surface area contributed by atoms with Crippen molar-refractivity contribution in [3.8, 4) is 0 Å². The van der Waals surface area contributed by atoms with E-state index in [1.165, 1.54) is 7.11 Å². The Bertz CT molecular complexity index is 341. The van der Waals surface area contributed by atoms with E-state index in [1.54, 1.807) is 13.8 Å². The van der Waals surface area contributed by atoms with Gasteiger partial charge in [0, 0.05) is 13.5 Å². The molecule has 0 saturated heterocycles. The van der Waals surface area contributed by atoms with Crippen molar-refractivity contribution < 1.29 is 32.6 Å². The van der Waals surface area contributed by atoms with Crippen LogP contribution in [0.15, 0.2) is 0 Å². The van der Waals surface area contributed by atoms with Gasteiger partial charge in [0.25, 0.3) is 0 Å². The third-order valence-corrected chi connectivity index (χ3v) is 3.18. The first kappa shape index (κ1) is 20.8. The van der Waals surface area contributed by atoms with Crippen LogP contribution in [0.25, 0.3) is 0 Å². The van der Waals surface area contributed by atoms with E-state index in [2.05, 4.69) is 0 Å². The number of carbonyl (C=O) groups is 2. The number of ether oxygens (including phenoxy) is 3. The molecule has 0 saturated carbocycles. The molecule has 130 valence electrons. The molecule has 0 amide bonds. The van der Waals surface area contributed by atoms with E-state index < -0.39 is 36.1 Å². The van der Waals surface area contributed by atoms with Crippen molar-refractivity contribution in [2.75, 3.05) is 26.9 Å². The highest BCUT2D eigenvalue weighted by Gasteiger charge is 2.27. The van der Waals surface area contributed by atoms with Gasteiger partial charge in [-0.2, -0.15) is 0 Å². The van der Waals surface area contributed by atoms with Crippen molar-refractivity contribution in [2.45, 2.75) is 46.0 Å². The summed E-state index contributed by atoms with van der Waals surface area (Å²) in [6.07, 6.45) is 0.227. The minimum Gasteiger partial charge on any atom is -0.465 e. The van der Waals surface area contributed by atoms with Gasteiger partial charge in [-0.1, -0.05) is 13.8 Å². The summed E-state index contributed by atoms with van der Waals surface area (Å²) < 4.78 is 39.9. The lowest BCUT2D eigenvalue weighted by Crippen LogP contribution is -2.26. The first-order valence-corrected chi connectivity index (χ1v) is 7.41. The first-order valence-electron chi connectivity index (χ1n) is 7.41. The zero-order chi connectivity index (χ0) is 17.2. The fourth-order valence-electron chi connectivity index (χ4n) is 1.77. The van der Waals surface area contributed by atoms with Crippen LogP contribution >= 0.6 is 0 Å². The minimum absolute atomic E-state index is 0.159. The summed E-state index contributed by atoms with van der Waals surface area (Å²) in [6.45, 7) is 4.35. The van der Waals surface area contributed by atoms with Gasteiger partial charge < -0.3 is 14.2 Å². The zero-order valence-corrected chi connectivity index (χ0v) is 13.7. The molecule has 0 radical (unpaired) electrons. The Labute approximate surface area is 130 Å². The number of hydrogen-bond acceptors (Lipinski definition) is 5. The molecule has 0 aromatic heterocycles. The Morgan fingerprint density at radius 3 is 2.18 bits per heavy atom. The number of carbonyl (C=O) groups excluding carboxylic acids is 2. The van der Waals surface area contributed by atoms with Crippen LogP contribution in [0, 0.1) is 11.8 Å². The summed E-state index contributed by atoms with van der Waals surface area (Å²) in [5.74, 6) is -4.80. The molecule has 0 aliphatic carbocycles. The van der Waals surface area contributed by atoms with Crippen molar-refractivity contribution >= 4 is 11.9 Å². The lowest BCUT2D eigenvalue weighted by Gasteiger charge is -2.18. The SMILES string of the molecule is CCC(CC(C)C(=O)OCCOC)C(=O)OCCC(C)(F)F. The average Bonchev–Trinajstić information content (AvgIpc) is 2.42. The van der Waals surface area contributed by atoms with Crippen LogP contribution in [0.2, 0.25) is 0 Å². The predicted molar refractivity (Wildman–Crippen MR) is 76.6 cm³/mol. The second-order valence-electron chi connectivity index (χ2n) is 5.39. The molecule has 7 heteroatoms. The molecule has 0 aliphatic heterocycles. The first-order chi connectivity index (χ1) is 10.2.